The Kier molecular flexibility index (Phi) is 40.0. The molecule has 1 unspecified atom stereocenters. The van der Waals surface area contributed by atoms with Gasteiger partial charge >= 0.3 is 11.9 Å². The molecule has 0 rings (SSSR count). The minimum atomic E-state index is -0.532. The maximum absolute atomic E-state index is 12.5. The van der Waals surface area contributed by atoms with E-state index < -0.39 is 6.10 Å². The summed E-state index contributed by atoms with van der Waals surface area (Å²) in [5.74, 6) is -0.412. The van der Waals surface area contributed by atoms with Crippen LogP contribution in [-0.4, -0.2) is 37.9 Å². The van der Waals surface area contributed by atoms with Crippen molar-refractivity contribution >= 4 is 11.9 Å². The van der Waals surface area contributed by atoms with Crippen LogP contribution >= 0.6 is 0 Å². The highest BCUT2D eigenvalue weighted by molar-refractivity contribution is 5.70. The molecule has 0 amide bonds. The zero-order valence-corrected chi connectivity index (χ0v) is 33.4. The van der Waals surface area contributed by atoms with Gasteiger partial charge in [0, 0.05) is 19.4 Å². The normalized spacial score (nSPS) is 12.5. The Bertz CT molecular complexity index is 801. The molecule has 0 aromatic rings. The second kappa shape index (κ2) is 41.5. The van der Waals surface area contributed by atoms with Crippen LogP contribution in [0.25, 0.3) is 0 Å². The summed E-state index contributed by atoms with van der Waals surface area (Å²) in [7, 11) is 0. The lowest BCUT2D eigenvalue weighted by Crippen LogP contribution is -2.30. The summed E-state index contributed by atoms with van der Waals surface area (Å²) < 4.78 is 17.2. The van der Waals surface area contributed by atoms with Gasteiger partial charge in [-0.3, -0.25) is 9.59 Å². The lowest BCUT2D eigenvalue weighted by atomic mass is 10.0. The van der Waals surface area contributed by atoms with Crippen LogP contribution in [0.1, 0.15) is 213 Å². The summed E-state index contributed by atoms with van der Waals surface area (Å²) >= 11 is 0. The molecule has 292 valence electrons. The molecular weight excluding hydrogens is 620 g/mol. The van der Waals surface area contributed by atoms with Gasteiger partial charge in [0.05, 0.1) is 6.61 Å². The van der Waals surface area contributed by atoms with Crippen LogP contribution in [0.15, 0.2) is 36.5 Å². The standard InChI is InChI=1S/C45H82O5/c1-4-7-10-13-15-17-19-21-22-23-25-27-29-31-34-37-40-48-41-43(50-45(47)39-36-32-12-9-6-3)42-49-44(46)38-35-33-30-28-26-24-20-18-16-14-11-8-5-2/h7,10,15,17,21-22,43H,4-6,8-9,11-14,16,18-20,23-42H2,1-3H3/b10-7-,17-15-,22-21-. The van der Waals surface area contributed by atoms with Gasteiger partial charge in [-0.2, -0.15) is 0 Å². The molecular formula is C45H82O5. The quantitative estimate of drug-likeness (QED) is 0.0362. The topological polar surface area (TPSA) is 61.8 Å². The first-order valence-corrected chi connectivity index (χ1v) is 21.5. The molecule has 0 spiro atoms. The molecule has 0 aliphatic heterocycles. The Hall–Kier alpha value is -1.88. The third-order valence-corrected chi connectivity index (χ3v) is 9.19. The van der Waals surface area contributed by atoms with Gasteiger partial charge in [-0.15, -0.1) is 0 Å². The van der Waals surface area contributed by atoms with Gasteiger partial charge < -0.3 is 14.2 Å². The fraction of sp³-hybridized carbons (Fsp3) is 0.822. The minimum Gasteiger partial charge on any atom is -0.462 e. The molecule has 0 heterocycles. The van der Waals surface area contributed by atoms with Gasteiger partial charge in [0.15, 0.2) is 6.10 Å². The lowest BCUT2D eigenvalue weighted by Gasteiger charge is -2.18. The van der Waals surface area contributed by atoms with Crippen molar-refractivity contribution in [3.63, 3.8) is 0 Å². The molecule has 50 heavy (non-hydrogen) atoms. The van der Waals surface area contributed by atoms with Crippen LogP contribution in [0, 0.1) is 0 Å². The zero-order chi connectivity index (χ0) is 36.4. The average molecular weight is 703 g/mol. The highest BCUT2D eigenvalue weighted by Gasteiger charge is 2.17. The van der Waals surface area contributed by atoms with Crippen LogP contribution in [0.2, 0.25) is 0 Å². The highest BCUT2D eigenvalue weighted by Crippen LogP contribution is 2.14. The van der Waals surface area contributed by atoms with E-state index in [-0.39, 0.29) is 25.2 Å². The molecule has 0 bridgehead atoms. The van der Waals surface area contributed by atoms with Crippen molar-refractivity contribution in [2.45, 2.75) is 219 Å². The largest absolute Gasteiger partial charge is 0.462 e. The minimum absolute atomic E-state index is 0.0832. The van der Waals surface area contributed by atoms with Crippen LogP contribution in [-0.2, 0) is 23.8 Å². The van der Waals surface area contributed by atoms with Crippen molar-refractivity contribution < 1.29 is 23.8 Å². The first-order valence-electron chi connectivity index (χ1n) is 21.5. The molecule has 0 aliphatic carbocycles. The molecule has 0 radical (unpaired) electrons. The number of hydrogen-bond acceptors (Lipinski definition) is 5. The molecule has 5 heteroatoms. The Labute approximate surface area is 310 Å². The summed E-state index contributed by atoms with van der Waals surface area (Å²) in [5, 5.41) is 0. The van der Waals surface area contributed by atoms with Gasteiger partial charge in [-0.1, -0.05) is 186 Å². The van der Waals surface area contributed by atoms with Crippen LogP contribution in [0.5, 0.6) is 0 Å². The summed E-state index contributed by atoms with van der Waals surface area (Å²) in [6.07, 6.45) is 47.3. The second-order valence-electron chi connectivity index (χ2n) is 14.2. The molecule has 0 aliphatic rings. The van der Waals surface area contributed by atoms with Crippen molar-refractivity contribution in [1.82, 2.24) is 0 Å². The fourth-order valence-electron chi connectivity index (χ4n) is 5.99. The van der Waals surface area contributed by atoms with Crippen molar-refractivity contribution in [3.05, 3.63) is 36.5 Å². The molecule has 0 N–H and O–H groups in total. The van der Waals surface area contributed by atoms with Crippen molar-refractivity contribution in [1.29, 1.82) is 0 Å². The Morgan fingerprint density at radius 1 is 0.460 bits per heavy atom. The van der Waals surface area contributed by atoms with E-state index in [0.717, 1.165) is 70.6 Å². The smallest absolute Gasteiger partial charge is 0.306 e. The fourth-order valence-corrected chi connectivity index (χ4v) is 5.99. The van der Waals surface area contributed by atoms with Crippen molar-refractivity contribution in [3.8, 4) is 0 Å². The third-order valence-electron chi connectivity index (χ3n) is 9.19. The van der Waals surface area contributed by atoms with E-state index in [9.17, 15) is 9.59 Å². The summed E-state index contributed by atoms with van der Waals surface area (Å²) in [5.41, 5.74) is 0. The van der Waals surface area contributed by atoms with Crippen LogP contribution < -0.4 is 0 Å². The molecule has 0 fully saturated rings. The molecule has 0 saturated heterocycles. The number of ether oxygens (including phenoxy) is 3. The average Bonchev–Trinajstić information content (AvgIpc) is 3.11. The number of carbonyl (C=O) groups is 2. The Balaban J connectivity index is 4.08. The first-order chi connectivity index (χ1) is 24.6. The van der Waals surface area contributed by atoms with E-state index in [4.69, 9.17) is 14.2 Å². The lowest BCUT2D eigenvalue weighted by molar-refractivity contribution is -0.163. The number of hydrogen-bond donors (Lipinski definition) is 0. The van der Waals surface area contributed by atoms with Crippen molar-refractivity contribution in [2.24, 2.45) is 0 Å². The maximum Gasteiger partial charge on any atom is 0.306 e. The predicted molar refractivity (Wildman–Crippen MR) is 215 cm³/mol. The third kappa shape index (κ3) is 38.9. The molecule has 5 nitrogen and oxygen atoms in total. The Morgan fingerprint density at radius 2 is 0.900 bits per heavy atom. The summed E-state index contributed by atoms with van der Waals surface area (Å²) in [6, 6.07) is 0. The Morgan fingerprint density at radius 3 is 1.44 bits per heavy atom. The van der Waals surface area contributed by atoms with Crippen LogP contribution in [0.3, 0.4) is 0 Å². The molecule has 1 atom stereocenters. The number of unbranched alkanes of at least 4 members (excludes halogenated alkanes) is 22. The van der Waals surface area contributed by atoms with Gasteiger partial charge in [0.2, 0.25) is 0 Å². The van der Waals surface area contributed by atoms with E-state index in [0.29, 0.717) is 19.4 Å². The summed E-state index contributed by atoms with van der Waals surface area (Å²) in [6.45, 7) is 7.63. The number of rotatable bonds is 39. The van der Waals surface area contributed by atoms with Crippen LogP contribution in [0.4, 0.5) is 0 Å². The van der Waals surface area contributed by atoms with E-state index in [1.165, 1.54) is 109 Å². The monoisotopic (exact) mass is 703 g/mol. The SMILES string of the molecule is CC/C=C\C/C=C\C/C=C\CCCCCCCCOCC(COC(=O)CCCCCCCCCCCCCCC)OC(=O)CCCCCCC. The van der Waals surface area contributed by atoms with Gasteiger partial charge in [0.1, 0.15) is 6.61 Å². The second-order valence-corrected chi connectivity index (χ2v) is 14.2. The zero-order valence-electron chi connectivity index (χ0n) is 33.4. The van der Waals surface area contributed by atoms with Gasteiger partial charge in [0.25, 0.3) is 0 Å². The van der Waals surface area contributed by atoms with E-state index in [1.54, 1.807) is 0 Å². The number of allylic oxidation sites excluding steroid dienone is 6. The molecule has 0 aromatic carbocycles. The van der Waals surface area contributed by atoms with E-state index in [2.05, 4.69) is 57.2 Å². The van der Waals surface area contributed by atoms with E-state index >= 15 is 0 Å². The molecule has 0 saturated carbocycles. The maximum atomic E-state index is 12.5. The van der Waals surface area contributed by atoms with Gasteiger partial charge in [-0.25, -0.2) is 0 Å². The van der Waals surface area contributed by atoms with Gasteiger partial charge in [-0.05, 0) is 51.4 Å². The van der Waals surface area contributed by atoms with Crippen molar-refractivity contribution in [2.75, 3.05) is 19.8 Å². The summed E-state index contributed by atoms with van der Waals surface area (Å²) in [4.78, 5) is 24.9. The number of carbonyl (C=O) groups excluding carboxylic acids is 2. The first kappa shape index (κ1) is 48.1. The highest BCUT2D eigenvalue weighted by atomic mass is 16.6. The number of esters is 2. The molecule has 0 aromatic heterocycles. The predicted octanol–water partition coefficient (Wildman–Crippen LogP) is 13.9. The van der Waals surface area contributed by atoms with E-state index in [1.807, 2.05) is 0 Å².